The van der Waals surface area contributed by atoms with Crippen LogP contribution in [0.1, 0.15) is 32.6 Å². The third-order valence-corrected chi connectivity index (χ3v) is 5.05. The van der Waals surface area contributed by atoms with Gasteiger partial charge in [0.05, 0.1) is 16.6 Å². The quantitative estimate of drug-likeness (QED) is 0.764. The molecule has 2 saturated heterocycles. The van der Waals surface area contributed by atoms with Crippen molar-refractivity contribution >= 4 is 11.0 Å². The first-order valence-electron chi connectivity index (χ1n) is 6.14. The first-order valence-corrected chi connectivity index (χ1v) is 7.41. The van der Waals surface area contributed by atoms with E-state index in [1.807, 2.05) is 6.92 Å². The summed E-state index contributed by atoms with van der Waals surface area (Å²) in [7, 11) is -1.20. The maximum Gasteiger partial charge on any atom is 0.0916 e. The van der Waals surface area contributed by atoms with Crippen LogP contribution in [0.5, 0.6) is 0 Å². The Balaban J connectivity index is 1.99. The van der Waals surface area contributed by atoms with Gasteiger partial charge in [0.15, 0.2) is 0 Å². The molecule has 0 aromatic heterocycles. The molecule has 2 heterocycles. The number of hydrogen-bond donors (Lipinski definition) is 2. The second-order valence-corrected chi connectivity index (χ2v) is 6.49. The van der Waals surface area contributed by atoms with Crippen molar-refractivity contribution in [2.24, 2.45) is 11.1 Å². The van der Waals surface area contributed by atoms with E-state index >= 15 is 0 Å². The summed E-state index contributed by atoms with van der Waals surface area (Å²) in [4.78, 5) is 0. The average Bonchev–Trinajstić information content (AvgIpc) is 2.62. The largest absolute Gasteiger partial charge is 0.375 e. The van der Waals surface area contributed by atoms with Crippen LogP contribution in [0.3, 0.4) is 0 Å². The van der Waals surface area contributed by atoms with Crippen molar-refractivity contribution < 1.29 is 8.95 Å². The number of hydrogen-bond acceptors (Lipinski definition) is 3. The fourth-order valence-electron chi connectivity index (χ4n) is 3.02. The summed E-state index contributed by atoms with van der Waals surface area (Å²) in [6.45, 7) is 4.91. The molecule has 94 valence electrons. The molecule has 0 aromatic carbocycles. The highest BCUT2D eigenvalue weighted by Crippen LogP contribution is 2.41. The van der Waals surface area contributed by atoms with Crippen LogP contribution in [0.4, 0.5) is 0 Å². The van der Waals surface area contributed by atoms with Gasteiger partial charge in [-0.25, -0.2) is 4.21 Å². The van der Waals surface area contributed by atoms with Gasteiger partial charge in [-0.3, -0.25) is 5.14 Å². The lowest BCUT2D eigenvalue weighted by molar-refractivity contribution is -0.0460. The van der Waals surface area contributed by atoms with Gasteiger partial charge >= 0.3 is 0 Å². The lowest BCUT2D eigenvalue weighted by Crippen LogP contribution is -2.46. The third kappa shape index (κ3) is 2.47. The molecular formula is C11H22N2O2S. The fourth-order valence-corrected chi connectivity index (χ4v) is 3.44. The summed E-state index contributed by atoms with van der Waals surface area (Å²) in [5.74, 6) is 0.539. The van der Waals surface area contributed by atoms with E-state index in [2.05, 4.69) is 5.32 Å². The highest BCUT2D eigenvalue weighted by Gasteiger charge is 2.45. The number of piperidine rings is 1. The maximum absolute atomic E-state index is 11.2. The number of rotatable bonds is 3. The van der Waals surface area contributed by atoms with Crippen molar-refractivity contribution in [3.8, 4) is 0 Å². The summed E-state index contributed by atoms with van der Waals surface area (Å²) >= 11 is 0. The Morgan fingerprint density at radius 2 is 2.25 bits per heavy atom. The molecule has 4 nitrogen and oxygen atoms in total. The van der Waals surface area contributed by atoms with Crippen molar-refractivity contribution in [2.75, 3.05) is 19.7 Å². The van der Waals surface area contributed by atoms with E-state index in [1.54, 1.807) is 0 Å². The molecule has 0 aliphatic carbocycles. The molecule has 0 amide bonds. The van der Waals surface area contributed by atoms with Gasteiger partial charge in [0, 0.05) is 11.9 Å². The maximum atomic E-state index is 11.2. The Hall–Kier alpha value is 0.0300. The molecule has 2 aliphatic rings. The molecule has 2 rings (SSSR count). The van der Waals surface area contributed by atoms with Crippen molar-refractivity contribution in [1.82, 2.24) is 5.32 Å². The Morgan fingerprint density at radius 1 is 1.56 bits per heavy atom. The summed E-state index contributed by atoms with van der Waals surface area (Å²) < 4.78 is 17.2. The zero-order valence-electron chi connectivity index (χ0n) is 9.91. The molecule has 0 radical (unpaired) electrons. The Morgan fingerprint density at radius 3 is 2.88 bits per heavy atom. The molecule has 0 bridgehead atoms. The number of nitrogens with one attached hydrogen (secondary N) is 1. The number of nitrogens with two attached hydrogens (primary N) is 1. The van der Waals surface area contributed by atoms with E-state index in [9.17, 15) is 4.21 Å². The van der Waals surface area contributed by atoms with Crippen LogP contribution in [0.15, 0.2) is 0 Å². The van der Waals surface area contributed by atoms with Crippen LogP contribution in [-0.4, -0.2) is 34.8 Å². The second-order valence-electron chi connectivity index (χ2n) is 5.02. The summed E-state index contributed by atoms with van der Waals surface area (Å²) in [5.41, 5.74) is 0.0544. The van der Waals surface area contributed by atoms with Crippen molar-refractivity contribution in [2.45, 2.75) is 43.5 Å². The molecule has 0 aromatic rings. The molecule has 16 heavy (non-hydrogen) atoms. The predicted molar refractivity (Wildman–Crippen MR) is 65.3 cm³/mol. The Bertz CT molecular complexity index is 267. The molecule has 2 aliphatic heterocycles. The normalized spacial score (nSPS) is 32.8. The van der Waals surface area contributed by atoms with Gasteiger partial charge in [-0.15, -0.1) is 0 Å². The third-order valence-electron chi connectivity index (χ3n) is 4.06. The van der Waals surface area contributed by atoms with Gasteiger partial charge < -0.3 is 10.1 Å². The fraction of sp³-hybridized carbons (Fsp3) is 1.00. The van der Waals surface area contributed by atoms with E-state index in [4.69, 9.17) is 9.88 Å². The van der Waals surface area contributed by atoms with Crippen LogP contribution in [0.2, 0.25) is 0 Å². The minimum Gasteiger partial charge on any atom is -0.375 e. The van der Waals surface area contributed by atoms with E-state index in [-0.39, 0.29) is 10.9 Å². The van der Waals surface area contributed by atoms with Gasteiger partial charge in [0.1, 0.15) is 0 Å². The standard InChI is InChI=1S/C11H22N2O2S/c1-9(16(12)14)8-10-2-7-15-11(10)3-5-13-6-4-11/h9-10,13H,2-8,12H2,1H3/t9?,10-,16?/m1/s1. The topological polar surface area (TPSA) is 64.3 Å². The van der Waals surface area contributed by atoms with Crippen LogP contribution < -0.4 is 10.5 Å². The van der Waals surface area contributed by atoms with Crippen molar-refractivity contribution in [1.29, 1.82) is 0 Å². The molecular weight excluding hydrogens is 224 g/mol. The summed E-state index contributed by atoms with van der Waals surface area (Å²) in [6, 6.07) is 0. The first kappa shape index (κ1) is 12.5. The minimum absolute atomic E-state index is 0.0544. The molecule has 0 saturated carbocycles. The van der Waals surface area contributed by atoms with Gasteiger partial charge in [-0.1, -0.05) is 0 Å². The van der Waals surface area contributed by atoms with Crippen LogP contribution in [0.25, 0.3) is 0 Å². The van der Waals surface area contributed by atoms with Gasteiger partial charge in [-0.05, 0) is 51.6 Å². The average molecular weight is 246 g/mol. The van der Waals surface area contributed by atoms with Gasteiger partial charge in [0.2, 0.25) is 0 Å². The lowest BCUT2D eigenvalue weighted by atomic mass is 9.78. The van der Waals surface area contributed by atoms with Gasteiger partial charge in [0.25, 0.3) is 0 Å². The zero-order chi connectivity index (χ0) is 11.6. The SMILES string of the molecule is CC(C[C@H]1CCOC12CCNCC2)S(N)=O. The summed E-state index contributed by atoms with van der Waals surface area (Å²) in [5, 5.41) is 8.90. The molecule has 2 fully saturated rings. The monoisotopic (exact) mass is 246 g/mol. The van der Waals surface area contributed by atoms with Crippen LogP contribution in [-0.2, 0) is 15.7 Å². The molecule has 3 N–H and O–H groups in total. The van der Waals surface area contributed by atoms with E-state index in [0.717, 1.165) is 45.4 Å². The van der Waals surface area contributed by atoms with Crippen LogP contribution >= 0.6 is 0 Å². The highest BCUT2D eigenvalue weighted by atomic mass is 32.2. The Labute approximate surface area is 99.9 Å². The second kappa shape index (κ2) is 5.12. The Kier molecular flexibility index (Phi) is 4.00. The summed E-state index contributed by atoms with van der Waals surface area (Å²) in [6.07, 6.45) is 4.20. The molecule has 2 unspecified atom stereocenters. The van der Waals surface area contributed by atoms with Crippen LogP contribution in [0, 0.1) is 5.92 Å². The van der Waals surface area contributed by atoms with E-state index < -0.39 is 11.0 Å². The minimum atomic E-state index is -1.20. The van der Waals surface area contributed by atoms with Crippen molar-refractivity contribution in [3.05, 3.63) is 0 Å². The van der Waals surface area contributed by atoms with E-state index in [0.29, 0.717) is 5.92 Å². The highest BCUT2D eigenvalue weighted by molar-refractivity contribution is 7.83. The molecule has 3 atom stereocenters. The lowest BCUT2D eigenvalue weighted by Gasteiger charge is -2.38. The van der Waals surface area contributed by atoms with Gasteiger partial charge in [-0.2, -0.15) is 0 Å². The van der Waals surface area contributed by atoms with Crippen molar-refractivity contribution in [3.63, 3.8) is 0 Å². The number of ether oxygens (including phenoxy) is 1. The van der Waals surface area contributed by atoms with E-state index in [1.165, 1.54) is 0 Å². The zero-order valence-corrected chi connectivity index (χ0v) is 10.7. The molecule has 1 spiro atoms. The smallest absolute Gasteiger partial charge is 0.0916 e. The first-order chi connectivity index (χ1) is 7.64. The predicted octanol–water partition coefficient (Wildman–Crippen LogP) is 0.546. The molecule has 5 heteroatoms.